The molecule has 0 spiro atoms. The van der Waals surface area contributed by atoms with Gasteiger partial charge in [0.05, 0.1) is 0 Å². The van der Waals surface area contributed by atoms with Gasteiger partial charge < -0.3 is 10.2 Å². The van der Waals surface area contributed by atoms with Gasteiger partial charge in [-0.15, -0.1) is 0 Å². The molecule has 4 rings (SSSR count). The van der Waals surface area contributed by atoms with Crippen molar-refractivity contribution in [2.75, 3.05) is 4.90 Å². The maximum Gasteiger partial charge on any atom is 0.323 e. The van der Waals surface area contributed by atoms with Gasteiger partial charge in [-0.05, 0) is 31.0 Å². The van der Waals surface area contributed by atoms with Crippen molar-refractivity contribution in [2.45, 2.75) is 50.0 Å². The maximum absolute atomic E-state index is 12.3. The standard InChI is InChI=1S/C16H18Cl2N4O2/c17-8-5-9(18)7-10(6-8)22-12-4-2-1-3-11(12)19-13-14(22)20-16(24)21-15(13)23/h5-7,11-14,19H,1-4H2,(H2,20,21,23,24). The normalized spacial score (nSPS) is 32.5. The lowest BCUT2D eigenvalue weighted by atomic mass is 9.84. The molecule has 24 heavy (non-hydrogen) atoms. The van der Waals surface area contributed by atoms with E-state index < -0.39 is 18.2 Å². The summed E-state index contributed by atoms with van der Waals surface area (Å²) in [5, 5.41) is 9.70. The van der Waals surface area contributed by atoms with Crippen LogP contribution in [0.25, 0.3) is 0 Å². The first-order valence-electron chi connectivity index (χ1n) is 8.15. The fourth-order valence-corrected chi connectivity index (χ4v) is 4.61. The summed E-state index contributed by atoms with van der Waals surface area (Å²) in [6.07, 6.45) is 3.78. The molecule has 2 saturated heterocycles. The van der Waals surface area contributed by atoms with E-state index in [1.807, 2.05) is 12.1 Å². The zero-order valence-electron chi connectivity index (χ0n) is 12.9. The lowest BCUT2D eigenvalue weighted by Crippen LogP contribution is -2.79. The zero-order valence-corrected chi connectivity index (χ0v) is 14.4. The number of rotatable bonds is 1. The number of nitrogens with zero attached hydrogens (tertiary/aromatic N) is 1. The average Bonchev–Trinajstić information content (AvgIpc) is 2.52. The van der Waals surface area contributed by atoms with Gasteiger partial charge in [-0.25, -0.2) is 4.79 Å². The molecule has 3 aliphatic rings. The van der Waals surface area contributed by atoms with E-state index in [1.165, 1.54) is 0 Å². The van der Waals surface area contributed by atoms with Crippen molar-refractivity contribution >= 4 is 40.8 Å². The SMILES string of the molecule is O=C1NC(=O)C2NC3CCCCC3N(c3cc(Cl)cc(Cl)c3)C2N1. The molecule has 0 bridgehead atoms. The molecule has 3 N–H and O–H groups in total. The summed E-state index contributed by atoms with van der Waals surface area (Å²) in [5.41, 5.74) is 0.830. The van der Waals surface area contributed by atoms with E-state index in [0.29, 0.717) is 10.0 Å². The summed E-state index contributed by atoms with van der Waals surface area (Å²) < 4.78 is 0. The predicted octanol–water partition coefficient (Wildman–Crippen LogP) is 2.25. The summed E-state index contributed by atoms with van der Waals surface area (Å²) >= 11 is 12.4. The minimum Gasteiger partial charge on any atom is -0.345 e. The van der Waals surface area contributed by atoms with Crippen LogP contribution in [-0.2, 0) is 4.79 Å². The van der Waals surface area contributed by atoms with Gasteiger partial charge in [0, 0.05) is 27.8 Å². The molecule has 4 atom stereocenters. The molecule has 6 nitrogen and oxygen atoms in total. The van der Waals surface area contributed by atoms with Gasteiger partial charge in [-0.1, -0.05) is 36.0 Å². The highest BCUT2D eigenvalue weighted by atomic mass is 35.5. The van der Waals surface area contributed by atoms with Crippen LogP contribution in [0.3, 0.4) is 0 Å². The van der Waals surface area contributed by atoms with Crippen LogP contribution in [0.1, 0.15) is 25.7 Å². The molecule has 1 aromatic carbocycles. The van der Waals surface area contributed by atoms with Crippen molar-refractivity contribution in [2.24, 2.45) is 0 Å². The van der Waals surface area contributed by atoms with E-state index in [2.05, 4.69) is 20.9 Å². The fourth-order valence-electron chi connectivity index (χ4n) is 4.10. The summed E-state index contributed by atoms with van der Waals surface area (Å²) in [6.45, 7) is 0. The number of urea groups is 1. The van der Waals surface area contributed by atoms with Crippen LogP contribution >= 0.6 is 23.2 Å². The number of anilines is 1. The number of hydrogen-bond donors (Lipinski definition) is 3. The molecule has 2 aliphatic heterocycles. The van der Waals surface area contributed by atoms with Crippen LogP contribution in [0.2, 0.25) is 10.0 Å². The Morgan fingerprint density at radius 1 is 1.04 bits per heavy atom. The van der Waals surface area contributed by atoms with Gasteiger partial charge in [-0.2, -0.15) is 0 Å². The third kappa shape index (κ3) is 2.72. The Kier molecular flexibility index (Phi) is 4.06. The molecule has 1 saturated carbocycles. The Hall–Kier alpha value is -1.50. The van der Waals surface area contributed by atoms with Crippen molar-refractivity contribution in [3.63, 3.8) is 0 Å². The first-order valence-corrected chi connectivity index (χ1v) is 8.90. The molecule has 3 amide bonds. The van der Waals surface area contributed by atoms with Crippen LogP contribution < -0.4 is 20.9 Å². The van der Waals surface area contributed by atoms with E-state index in [9.17, 15) is 9.59 Å². The van der Waals surface area contributed by atoms with Crippen LogP contribution in [-0.4, -0.2) is 36.2 Å². The predicted molar refractivity (Wildman–Crippen MR) is 92.4 cm³/mol. The number of carbonyl (C=O) groups is 2. The van der Waals surface area contributed by atoms with E-state index in [-0.39, 0.29) is 18.0 Å². The van der Waals surface area contributed by atoms with Crippen molar-refractivity contribution in [3.05, 3.63) is 28.2 Å². The van der Waals surface area contributed by atoms with E-state index in [1.54, 1.807) is 6.07 Å². The highest BCUT2D eigenvalue weighted by molar-refractivity contribution is 6.35. The number of halogens is 2. The first kappa shape index (κ1) is 16.0. The van der Waals surface area contributed by atoms with Gasteiger partial charge >= 0.3 is 6.03 Å². The zero-order chi connectivity index (χ0) is 16.8. The number of hydrogen-bond acceptors (Lipinski definition) is 4. The monoisotopic (exact) mass is 368 g/mol. The number of fused-ring (bicyclic) bond motifs is 2. The fraction of sp³-hybridized carbons (Fsp3) is 0.500. The Bertz CT molecular complexity index is 678. The molecule has 1 aliphatic carbocycles. The maximum atomic E-state index is 12.3. The Morgan fingerprint density at radius 3 is 2.50 bits per heavy atom. The number of amides is 3. The van der Waals surface area contributed by atoms with E-state index in [4.69, 9.17) is 23.2 Å². The van der Waals surface area contributed by atoms with Crippen molar-refractivity contribution in [3.8, 4) is 0 Å². The highest BCUT2D eigenvalue weighted by Crippen LogP contribution is 2.36. The smallest absolute Gasteiger partial charge is 0.323 e. The first-order chi connectivity index (χ1) is 11.5. The lowest BCUT2D eigenvalue weighted by molar-refractivity contribution is -0.124. The second kappa shape index (κ2) is 6.10. The van der Waals surface area contributed by atoms with Gasteiger partial charge in [0.25, 0.3) is 0 Å². The third-order valence-electron chi connectivity index (χ3n) is 5.04. The molecule has 1 aromatic rings. The highest BCUT2D eigenvalue weighted by Gasteiger charge is 2.49. The minimum absolute atomic E-state index is 0.181. The van der Waals surface area contributed by atoms with Gasteiger partial charge in [-0.3, -0.25) is 15.4 Å². The largest absolute Gasteiger partial charge is 0.345 e. The number of imide groups is 1. The summed E-state index contributed by atoms with van der Waals surface area (Å²) in [4.78, 5) is 26.3. The van der Waals surface area contributed by atoms with E-state index >= 15 is 0 Å². The summed E-state index contributed by atoms with van der Waals surface area (Å²) in [7, 11) is 0. The molecule has 3 fully saturated rings. The molecule has 0 aromatic heterocycles. The third-order valence-corrected chi connectivity index (χ3v) is 5.48. The molecular weight excluding hydrogens is 351 g/mol. The molecule has 2 heterocycles. The second-order valence-corrected chi connectivity index (χ2v) is 7.42. The minimum atomic E-state index is -0.500. The summed E-state index contributed by atoms with van der Waals surface area (Å²) in [5.74, 6) is -0.300. The number of piperazine rings is 1. The number of carbonyl (C=O) groups excluding carboxylic acids is 2. The van der Waals surface area contributed by atoms with Crippen LogP contribution in [0.5, 0.6) is 0 Å². The van der Waals surface area contributed by atoms with Crippen molar-refractivity contribution < 1.29 is 9.59 Å². The molecule has 128 valence electrons. The van der Waals surface area contributed by atoms with Crippen LogP contribution in [0.4, 0.5) is 10.5 Å². The van der Waals surface area contributed by atoms with Gasteiger partial charge in [0.1, 0.15) is 12.2 Å². The molecule has 8 heteroatoms. The van der Waals surface area contributed by atoms with Crippen LogP contribution in [0.15, 0.2) is 18.2 Å². The average molecular weight is 369 g/mol. The molecule has 0 radical (unpaired) electrons. The second-order valence-electron chi connectivity index (χ2n) is 6.55. The van der Waals surface area contributed by atoms with Crippen LogP contribution in [0, 0.1) is 0 Å². The van der Waals surface area contributed by atoms with Crippen molar-refractivity contribution in [1.82, 2.24) is 16.0 Å². The lowest BCUT2D eigenvalue weighted by Gasteiger charge is -2.54. The van der Waals surface area contributed by atoms with Crippen molar-refractivity contribution in [1.29, 1.82) is 0 Å². The number of nitrogens with one attached hydrogen (secondary N) is 3. The van der Waals surface area contributed by atoms with Gasteiger partial charge in [0.2, 0.25) is 5.91 Å². The quantitative estimate of drug-likeness (QED) is 0.710. The number of benzene rings is 1. The Morgan fingerprint density at radius 2 is 1.75 bits per heavy atom. The molecule has 4 unspecified atom stereocenters. The Balaban J connectivity index is 1.78. The summed E-state index contributed by atoms with van der Waals surface area (Å²) in [6, 6.07) is 4.74. The van der Waals surface area contributed by atoms with Gasteiger partial charge in [0.15, 0.2) is 0 Å². The Labute approximate surface area is 149 Å². The topological polar surface area (TPSA) is 73.5 Å². The molecular formula is C16H18Cl2N4O2. The van der Waals surface area contributed by atoms with E-state index in [0.717, 1.165) is 31.4 Å².